The monoisotopic (exact) mass is 317 g/mol. The van der Waals surface area contributed by atoms with E-state index in [1.54, 1.807) is 0 Å². The zero-order valence-electron chi connectivity index (χ0n) is 14.3. The Bertz CT molecular complexity index is 551. The molecule has 1 aliphatic rings. The van der Waals surface area contributed by atoms with Gasteiger partial charge in [-0.05, 0) is 45.2 Å². The normalized spacial score (nSPS) is 18.0. The molecular weight excluding hydrogens is 290 g/mol. The van der Waals surface area contributed by atoms with Crippen molar-refractivity contribution in [1.29, 1.82) is 0 Å². The quantitative estimate of drug-likeness (QED) is 0.878. The van der Waals surface area contributed by atoms with Crippen molar-refractivity contribution in [1.82, 2.24) is 15.5 Å². The molecular formula is C18H27N3O2. The van der Waals surface area contributed by atoms with Gasteiger partial charge in [0.15, 0.2) is 0 Å². The summed E-state index contributed by atoms with van der Waals surface area (Å²) < 4.78 is 0. The van der Waals surface area contributed by atoms with Crippen LogP contribution in [0.5, 0.6) is 0 Å². The first-order chi connectivity index (χ1) is 11.0. The van der Waals surface area contributed by atoms with Gasteiger partial charge in [-0.15, -0.1) is 0 Å². The van der Waals surface area contributed by atoms with Gasteiger partial charge in [0.2, 0.25) is 5.91 Å². The van der Waals surface area contributed by atoms with Crippen LogP contribution in [0.2, 0.25) is 0 Å². The van der Waals surface area contributed by atoms with Crippen molar-refractivity contribution in [3.8, 4) is 0 Å². The molecule has 1 fully saturated rings. The molecule has 2 rings (SSSR count). The molecule has 3 amide bonds. The molecule has 1 unspecified atom stereocenters. The summed E-state index contributed by atoms with van der Waals surface area (Å²) in [7, 11) is 0. The fourth-order valence-corrected chi connectivity index (χ4v) is 3.23. The van der Waals surface area contributed by atoms with Gasteiger partial charge >= 0.3 is 6.03 Å². The van der Waals surface area contributed by atoms with Crippen LogP contribution in [0.1, 0.15) is 48.9 Å². The van der Waals surface area contributed by atoms with Crippen molar-refractivity contribution in [3.05, 3.63) is 34.9 Å². The van der Waals surface area contributed by atoms with E-state index in [0.717, 1.165) is 25.8 Å². The molecule has 0 spiro atoms. The molecule has 0 saturated carbocycles. The predicted molar refractivity (Wildman–Crippen MR) is 91.3 cm³/mol. The zero-order chi connectivity index (χ0) is 16.8. The summed E-state index contributed by atoms with van der Waals surface area (Å²) in [5.41, 5.74) is 3.76. The van der Waals surface area contributed by atoms with Gasteiger partial charge in [-0.1, -0.05) is 36.2 Å². The van der Waals surface area contributed by atoms with Crippen molar-refractivity contribution >= 4 is 11.9 Å². The highest BCUT2D eigenvalue weighted by molar-refractivity contribution is 5.95. The minimum atomic E-state index is -0.404. The maximum absolute atomic E-state index is 12.1. The average molecular weight is 317 g/mol. The lowest BCUT2D eigenvalue weighted by atomic mass is 9.99. The van der Waals surface area contributed by atoms with Crippen LogP contribution in [0.25, 0.3) is 0 Å². The lowest BCUT2D eigenvalue weighted by Crippen LogP contribution is -2.44. The largest absolute Gasteiger partial charge is 0.338 e. The maximum Gasteiger partial charge on any atom is 0.321 e. The number of carbonyl (C=O) groups excluding carboxylic acids is 2. The summed E-state index contributed by atoms with van der Waals surface area (Å²) in [5, 5.41) is 5.06. The molecule has 1 aliphatic heterocycles. The lowest BCUT2D eigenvalue weighted by Gasteiger charge is -2.24. The van der Waals surface area contributed by atoms with Crippen molar-refractivity contribution in [3.63, 3.8) is 0 Å². The number of hydrogen-bond donors (Lipinski definition) is 2. The fourth-order valence-electron chi connectivity index (χ4n) is 3.23. The Morgan fingerprint density at radius 1 is 1.22 bits per heavy atom. The van der Waals surface area contributed by atoms with E-state index >= 15 is 0 Å². The van der Waals surface area contributed by atoms with Crippen LogP contribution >= 0.6 is 0 Å². The minimum absolute atomic E-state index is 0.241. The van der Waals surface area contributed by atoms with Gasteiger partial charge in [0.05, 0.1) is 6.54 Å². The Balaban J connectivity index is 1.96. The van der Waals surface area contributed by atoms with E-state index in [0.29, 0.717) is 6.54 Å². The van der Waals surface area contributed by atoms with E-state index in [1.807, 2.05) is 6.92 Å². The summed E-state index contributed by atoms with van der Waals surface area (Å²) in [6.07, 6.45) is 2.98. The molecule has 0 bridgehead atoms. The SMILES string of the molecule is CCCNC(=O)NC(=O)CN1CCCC1c1cc(C)cc(C)c1. The summed E-state index contributed by atoms with van der Waals surface area (Å²) in [6.45, 7) is 7.90. The van der Waals surface area contributed by atoms with Gasteiger partial charge in [-0.25, -0.2) is 4.79 Å². The van der Waals surface area contributed by atoms with E-state index < -0.39 is 6.03 Å². The third-order valence-electron chi connectivity index (χ3n) is 4.13. The van der Waals surface area contributed by atoms with Crippen LogP contribution in [-0.2, 0) is 4.79 Å². The van der Waals surface area contributed by atoms with Gasteiger partial charge in [0.1, 0.15) is 0 Å². The Hall–Kier alpha value is -1.88. The average Bonchev–Trinajstić information content (AvgIpc) is 2.92. The van der Waals surface area contributed by atoms with Crippen molar-refractivity contribution in [2.45, 2.75) is 46.1 Å². The van der Waals surface area contributed by atoms with Crippen LogP contribution in [0.3, 0.4) is 0 Å². The third kappa shape index (κ3) is 5.06. The lowest BCUT2D eigenvalue weighted by molar-refractivity contribution is -0.121. The van der Waals surface area contributed by atoms with Gasteiger partial charge in [-0.2, -0.15) is 0 Å². The van der Waals surface area contributed by atoms with Gasteiger partial charge in [0.25, 0.3) is 0 Å². The molecule has 1 aromatic carbocycles. The zero-order valence-corrected chi connectivity index (χ0v) is 14.3. The smallest absolute Gasteiger partial charge is 0.321 e. The number of likely N-dealkylation sites (tertiary alicyclic amines) is 1. The number of urea groups is 1. The second kappa shape index (κ2) is 8.11. The van der Waals surface area contributed by atoms with E-state index in [4.69, 9.17) is 0 Å². The molecule has 23 heavy (non-hydrogen) atoms. The van der Waals surface area contributed by atoms with E-state index in [-0.39, 0.29) is 18.5 Å². The maximum atomic E-state index is 12.1. The standard InChI is InChI=1S/C18H27N3O2/c1-4-7-19-18(23)20-17(22)12-21-8-5-6-16(21)15-10-13(2)9-14(3)11-15/h9-11,16H,4-8,12H2,1-3H3,(H2,19,20,22,23). The molecule has 1 heterocycles. The molecule has 5 heteroatoms. The van der Waals surface area contributed by atoms with Crippen LogP contribution in [0, 0.1) is 13.8 Å². The van der Waals surface area contributed by atoms with Crippen molar-refractivity contribution < 1.29 is 9.59 Å². The molecule has 1 saturated heterocycles. The Morgan fingerprint density at radius 3 is 2.57 bits per heavy atom. The predicted octanol–water partition coefficient (Wildman–Crippen LogP) is 2.68. The van der Waals surface area contributed by atoms with Crippen LogP contribution in [0.4, 0.5) is 4.79 Å². The molecule has 0 aliphatic carbocycles. The highest BCUT2D eigenvalue weighted by Crippen LogP contribution is 2.32. The van der Waals surface area contributed by atoms with Crippen LogP contribution in [0.15, 0.2) is 18.2 Å². The number of amides is 3. The second-order valence-corrected chi connectivity index (χ2v) is 6.35. The molecule has 126 valence electrons. The van der Waals surface area contributed by atoms with Gasteiger partial charge < -0.3 is 5.32 Å². The first-order valence-electron chi connectivity index (χ1n) is 8.39. The summed E-state index contributed by atoms with van der Waals surface area (Å²) >= 11 is 0. The summed E-state index contributed by atoms with van der Waals surface area (Å²) in [6, 6.07) is 6.41. The third-order valence-corrected chi connectivity index (χ3v) is 4.13. The Morgan fingerprint density at radius 2 is 1.91 bits per heavy atom. The number of imide groups is 1. The number of rotatable bonds is 5. The highest BCUT2D eigenvalue weighted by atomic mass is 16.2. The number of aryl methyl sites for hydroxylation is 2. The molecule has 1 aromatic rings. The molecule has 0 radical (unpaired) electrons. The first kappa shape index (κ1) is 17.5. The van der Waals surface area contributed by atoms with E-state index in [9.17, 15) is 9.59 Å². The first-order valence-corrected chi connectivity index (χ1v) is 8.39. The Labute approximate surface area is 138 Å². The number of nitrogens with one attached hydrogen (secondary N) is 2. The summed E-state index contributed by atoms with van der Waals surface area (Å²) in [5.74, 6) is -0.241. The molecule has 5 nitrogen and oxygen atoms in total. The second-order valence-electron chi connectivity index (χ2n) is 6.35. The van der Waals surface area contributed by atoms with Crippen LogP contribution in [-0.4, -0.2) is 36.5 Å². The van der Waals surface area contributed by atoms with Crippen molar-refractivity contribution in [2.24, 2.45) is 0 Å². The number of carbonyl (C=O) groups is 2. The van der Waals surface area contributed by atoms with Gasteiger partial charge in [-0.3, -0.25) is 15.0 Å². The van der Waals surface area contributed by atoms with Gasteiger partial charge in [0, 0.05) is 12.6 Å². The molecule has 1 atom stereocenters. The van der Waals surface area contributed by atoms with E-state index in [2.05, 4.69) is 47.6 Å². The van der Waals surface area contributed by atoms with Crippen LogP contribution < -0.4 is 10.6 Å². The van der Waals surface area contributed by atoms with Crippen molar-refractivity contribution in [2.75, 3.05) is 19.6 Å². The molecule has 0 aromatic heterocycles. The molecule has 2 N–H and O–H groups in total. The fraction of sp³-hybridized carbons (Fsp3) is 0.556. The summed E-state index contributed by atoms with van der Waals surface area (Å²) in [4.78, 5) is 25.8. The Kier molecular flexibility index (Phi) is 6.16. The van der Waals surface area contributed by atoms with E-state index in [1.165, 1.54) is 16.7 Å². The minimum Gasteiger partial charge on any atom is -0.338 e. The number of hydrogen-bond acceptors (Lipinski definition) is 3. The topological polar surface area (TPSA) is 61.4 Å². The number of benzene rings is 1. The highest BCUT2D eigenvalue weighted by Gasteiger charge is 2.28. The number of nitrogens with zero attached hydrogens (tertiary/aromatic N) is 1.